The molecule has 2 unspecified atom stereocenters. The fraction of sp³-hybridized carbons (Fsp3) is 0.438. The number of aryl methyl sites for hydroxylation is 2. The SMILES string of the molecule is CCc1nn(C)c(CC(NN)C2Cc3ccccc32)c1Cl. The van der Waals surface area contributed by atoms with Crippen molar-refractivity contribution < 1.29 is 0 Å². The Morgan fingerprint density at radius 3 is 2.86 bits per heavy atom. The Kier molecular flexibility index (Phi) is 4.02. The van der Waals surface area contributed by atoms with Gasteiger partial charge in [0.1, 0.15) is 0 Å². The van der Waals surface area contributed by atoms with Crippen LogP contribution in [0.5, 0.6) is 0 Å². The lowest BCUT2D eigenvalue weighted by atomic mass is 9.72. The van der Waals surface area contributed by atoms with Crippen LogP contribution in [0.3, 0.4) is 0 Å². The molecule has 4 nitrogen and oxygen atoms in total. The number of hydrogen-bond donors (Lipinski definition) is 2. The summed E-state index contributed by atoms with van der Waals surface area (Å²) in [5, 5.41) is 5.26. The van der Waals surface area contributed by atoms with Gasteiger partial charge in [-0.1, -0.05) is 42.8 Å². The summed E-state index contributed by atoms with van der Waals surface area (Å²) in [5.41, 5.74) is 7.81. The Bertz CT molecular complexity index is 650. The molecule has 21 heavy (non-hydrogen) atoms. The number of nitrogens with zero attached hydrogens (tertiary/aromatic N) is 2. The number of hydrogen-bond acceptors (Lipinski definition) is 3. The molecule has 112 valence electrons. The minimum absolute atomic E-state index is 0.178. The summed E-state index contributed by atoms with van der Waals surface area (Å²) in [5.74, 6) is 6.25. The van der Waals surface area contributed by atoms with Gasteiger partial charge in [-0.05, 0) is 24.0 Å². The van der Waals surface area contributed by atoms with E-state index in [2.05, 4.69) is 41.7 Å². The molecular formula is C16H21ClN4. The van der Waals surface area contributed by atoms with Crippen molar-refractivity contribution in [3.63, 3.8) is 0 Å². The van der Waals surface area contributed by atoms with Crippen LogP contribution in [0, 0.1) is 0 Å². The summed E-state index contributed by atoms with van der Waals surface area (Å²) in [6.45, 7) is 2.07. The minimum Gasteiger partial charge on any atom is -0.271 e. The molecule has 1 aromatic heterocycles. The molecule has 2 atom stereocenters. The van der Waals surface area contributed by atoms with Crippen molar-refractivity contribution in [2.45, 2.75) is 38.1 Å². The third-order valence-electron chi connectivity index (χ3n) is 4.51. The summed E-state index contributed by atoms with van der Waals surface area (Å²) < 4.78 is 1.88. The summed E-state index contributed by atoms with van der Waals surface area (Å²) in [6, 6.07) is 8.73. The van der Waals surface area contributed by atoms with Gasteiger partial charge in [-0.3, -0.25) is 16.0 Å². The van der Waals surface area contributed by atoms with E-state index in [0.29, 0.717) is 5.92 Å². The number of hydrazine groups is 1. The number of nitrogens with one attached hydrogen (secondary N) is 1. The second-order valence-electron chi connectivity index (χ2n) is 5.67. The molecule has 0 spiro atoms. The van der Waals surface area contributed by atoms with E-state index in [-0.39, 0.29) is 6.04 Å². The fourth-order valence-electron chi connectivity index (χ4n) is 3.22. The lowest BCUT2D eigenvalue weighted by Gasteiger charge is -2.36. The van der Waals surface area contributed by atoms with Crippen LogP contribution in [0.2, 0.25) is 5.02 Å². The third-order valence-corrected chi connectivity index (χ3v) is 4.95. The molecule has 5 heteroatoms. The average Bonchev–Trinajstić information content (AvgIpc) is 2.74. The maximum absolute atomic E-state index is 6.44. The molecule has 2 aromatic rings. The highest BCUT2D eigenvalue weighted by Gasteiger charge is 2.33. The zero-order valence-electron chi connectivity index (χ0n) is 12.4. The molecule has 1 heterocycles. The van der Waals surface area contributed by atoms with Gasteiger partial charge >= 0.3 is 0 Å². The normalized spacial score (nSPS) is 18.2. The maximum atomic E-state index is 6.44. The lowest BCUT2D eigenvalue weighted by molar-refractivity contribution is 0.396. The third kappa shape index (κ3) is 2.48. The number of aromatic nitrogens is 2. The highest BCUT2D eigenvalue weighted by Crippen LogP contribution is 2.38. The molecule has 0 amide bonds. The highest BCUT2D eigenvalue weighted by molar-refractivity contribution is 6.31. The lowest BCUT2D eigenvalue weighted by Crippen LogP contribution is -2.45. The van der Waals surface area contributed by atoms with Gasteiger partial charge in [0.2, 0.25) is 0 Å². The molecule has 3 rings (SSSR count). The number of benzene rings is 1. The van der Waals surface area contributed by atoms with E-state index >= 15 is 0 Å². The summed E-state index contributed by atoms with van der Waals surface area (Å²) in [7, 11) is 1.95. The van der Waals surface area contributed by atoms with Gasteiger partial charge in [-0.25, -0.2) is 0 Å². The van der Waals surface area contributed by atoms with E-state index < -0.39 is 0 Å². The fourth-order valence-corrected chi connectivity index (χ4v) is 3.59. The topological polar surface area (TPSA) is 55.9 Å². The van der Waals surface area contributed by atoms with Crippen molar-refractivity contribution in [2.24, 2.45) is 12.9 Å². The van der Waals surface area contributed by atoms with Crippen molar-refractivity contribution in [2.75, 3.05) is 0 Å². The molecule has 1 aliphatic carbocycles. The second-order valence-corrected chi connectivity index (χ2v) is 6.05. The van der Waals surface area contributed by atoms with Gasteiger partial charge in [0.25, 0.3) is 0 Å². The molecular weight excluding hydrogens is 284 g/mol. The maximum Gasteiger partial charge on any atom is 0.0850 e. The molecule has 3 N–H and O–H groups in total. The Balaban J connectivity index is 1.82. The smallest absolute Gasteiger partial charge is 0.0850 e. The molecule has 0 saturated carbocycles. The number of fused-ring (bicyclic) bond motifs is 1. The van der Waals surface area contributed by atoms with Crippen LogP contribution in [0.1, 0.15) is 35.4 Å². The molecule has 0 saturated heterocycles. The monoisotopic (exact) mass is 304 g/mol. The van der Waals surface area contributed by atoms with Crippen molar-refractivity contribution in [3.05, 3.63) is 51.8 Å². The van der Waals surface area contributed by atoms with Crippen LogP contribution in [-0.2, 0) is 26.3 Å². The molecule has 1 aliphatic rings. The van der Waals surface area contributed by atoms with Crippen LogP contribution in [0.15, 0.2) is 24.3 Å². The van der Waals surface area contributed by atoms with Crippen LogP contribution >= 0.6 is 11.6 Å². The van der Waals surface area contributed by atoms with Gasteiger partial charge < -0.3 is 0 Å². The largest absolute Gasteiger partial charge is 0.271 e. The predicted molar refractivity (Wildman–Crippen MR) is 85.3 cm³/mol. The van der Waals surface area contributed by atoms with Crippen LogP contribution in [-0.4, -0.2) is 15.8 Å². The standard InChI is InChI=1S/C16H21ClN4/c1-3-13-16(17)15(21(2)20-13)9-14(19-18)12-8-10-6-4-5-7-11(10)12/h4-7,12,14,19H,3,8-9,18H2,1-2H3. The van der Waals surface area contributed by atoms with E-state index in [0.717, 1.165) is 35.7 Å². The van der Waals surface area contributed by atoms with E-state index in [1.807, 2.05) is 11.7 Å². The predicted octanol–water partition coefficient (Wildman–Crippen LogP) is 2.35. The zero-order valence-corrected chi connectivity index (χ0v) is 13.2. The van der Waals surface area contributed by atoms with Crippen molar-refractivity contribution in [3.8, 4) is 0 Å². The first kappa shape index (κ1) is 14.6. The zero-order chi connectivity index (χ0) is 15.0. The summed E-state index contributed by atoms with van der Waals surface area (Å²) in [4.78, 5) is 0. The van der Waals surface area contributed by atoms with Crippen molar-refractivity contribution >= 4 is 11.6 Å². The Hall–Kier alpha value is -1.36. The summed E-state index contributed by atoms with van der Waals surface area (Å²) >= 11 is 6.44. The number of nitrogens with two attached hydrogens (primary N) is 1. The Labute approximate surface area is 130 Å². The van der Waals surface area contributed by atoms with E-state index in [1.54, 1.807) is 0 Å². The average molecular weight is 305 g/mol. The first-order valence-electron chi connectivity index (χ1n) is 7.39. The quantitative estimate of drug-likeness (QED) is 0.658. The molecule has 0 bridgehead atoms. The number of halogens is 1. The molecule has 0 aliphatic heterocycles. The molecule has 0 radical (unpaired) electrons. The van der Waals surface area contributed by atoms with E-state index in [4.69, 9.17) is 17.4 Å². The highest BCUT2D eigenvalue weighted by atomic mass is 35.5. The van der Waals surface area contributed by atoms with Crippen LogP contribution < -0.4 is 11.3 Å². The van der Waals surface area contributed by atoms with E-state index in [1.165, 1.54) is 11.1 Å². The first-order chi connectivity index (χ1) is 10.2. The second kappa shape index (κ2) is 5.79. The minimum atomic E-state index is 0.178. The van der Waals surface area contributed by atoms with E-state index in [9.17, 15) is 0 Å². The van der Waals surface area contributed by atoms with Gasteiger partial charge in [-0.2, -0.15) is 5.10 Å². The van der Waals surface area contributed by atoms with Gasteiger partial charge in [0, 0.05) is 25.4 Å². The number of rotatable bonds is 5. The van der Waals surface area contributed by atoms with Crippen molar-refractivity contribution in [1.82, 2.24) is 15.2 Å². The summed E-state index contributed by atoms with van der Waals surface area (Å²) in [6.07, 6.45) is 2.71. The molecule has 0 fully saturated rings. The van der Waals surface area contributed by atoms with Crippen LogP contribution in [0.25, 0.3) is 0 Å². The molecule has 1 aromatic carbocycles. The van der Waals surface area contributed by atoms with Gasteiger partial charge in [0.15, 0.2) is 0 Å². The van der Waals surface area contributed by atoms with Gasteiger partial charge in [0.05, 0.1) is 16.4 Å². The first-order valence-corrected chi connectivity index (χ1v) is 7.77. The Morgan fingerprint density at radius 1 is 1.48 bits per heavy atom. The van der Waals surface area contributed by atoms with Crippen LogP contribution in [0.4, 0.5) is 0 Å². The Morgan fingerprint density at radius 2 is 2.24 bits per heavy atom. The van der Waals surface area contributed by atoms with Gasteiger partial charge in [-0.15, -0.1) is 0 Å². The van der Waals surface area contributed by atoms with Crippen molar-refractivity contribution in [1.29, 1.82) is 0 Å².